The van der Waals surface area contributed by atoms with E-state index in [2.05, 4.69) is 13.8 Å². The molecule has 0 aliphatic heterocycles. The number of rotatable bonds is 18. The van der Waals surface area contributed by atoms with Gasteiger partial charge in [0.1, 0.15) is 6.42 Å². The maximum Gasteiger partial charge on any atom is 0.358 e. The third-order valence-corrected chi connectivity index (χ3v) is 5.29. The summed E-state index contributed by atoms with van der Waals surface area (Å²) in [6, 6.07) is 0. The highest BCUT2D eigenvalue weighted by Crippen LogP contribution is 2.23. The van der Waals surface area contributed by atoms with Crippen molar-refractivity contribution in [2.24, 2.45) is 0 Å². The maximum atomic E-state index is 11.9. The van der Waals surface area contributed by atoms with Crippen molar-refractivity contribution in [3.05, 3.63) is 0 Å². The first kappa shape index (κ1) is 26.0. The number of hydrogen-bond acceptors (Lipinski definition) is 6. The molecule has 6 nitrogen and oxygen atoms in total. The summed E-state index contributed by atoms with van der Waals surface area (Å²) in [5.74, 6) is -1.51. The molecular weight excluding hydrogens is 367 g/mol. The SMILES string of the molecule is CCCCCCCCOC(=O)CC(C(=O)OCCCCCCCC)[P+](=O)[O-]. The summed E-state index contributed by atoms with van der Waals surface area (Å²) in [7, 11) is -3.07. The second-order valence-electron chi connectivity index (χ2n) is 6.93. The van der Waals surface area contributed by atoms with E-state index in [0.717, 1.165) is 38.5 Å². The Morgan fingerprint density at radius 3 is 1.70 bits per heavy atom. The Hall–Kier alpha value is -1.00. The van der Waals surface area contributed by atoms with E-state index in [0.29, 0.717) is 6.42 Å². The van der Waals surface area contributed by atoms with Gasteiger partial charge >= 0.3 is 20.0 Å². The van der Waals surface area contributed by atoms with Crippen LogP contribution in [0.15, 0.2) is 0 Å². The fourth-order valence-electron chi connectivity index (χ4n) is 2.68. The predicted molar refractivity (Wildman–Crippen MR) is 105 cm³/mol. The van der Waals surface area contributed by atoms with Crippen molar-refractivity contribution < 1.29 is 28.5 Å². The number of carbonyl (C=O) groups excluding carboxylic acids is 2. The molecule has 0 aliphatic carbocycles. The first-order chi connectivity index (χ1) is 13.0. The van der Waals surface area contributed by atoms with Gasteiger partial charge in [-0.3, -0.25) is 4.79 Å². The maximum absolute atomic E-state index is 11.9. The summed E-state index contributed by atoms with van der Waals surface area (Å²) in [4.78, 5) is 35.0. The van der Waals surface area contributed by atoms with Crippen LogP contribution in [0.3, 0.4) is 0 Å². The summed E-state index contributed by atoms with van der Waals surface area (Å²) in [6.45, 7) is 4.75. The first-order valence-corrected chi connectivity index (χ1v) is 11.7. The average molecular weight is 404 g/mol. The molecule has 0 aliphatic rings. The van der Waals surface area contributed by atoms with E-state index < -0.39 is 32.0 Å². The molecule has 0 amide bonds. The van der Waals surface area contributed by atoms with Crippen LogP contribution in [0.25, 0.3) is 0 Å². The molecule has 158 valence electrons. The zero-order chi connectivity index (χ0) is 20.3. The minimum Gasteiger partial charge on any atom is -0.595 e. The van der Waals surface area contributed by atoms with E-state index in [-0.39, 0.29) is 13.2 Å². The molecule has 0 aromatic rings. The van der Waals surface area contributed by atoms with Crippen LogP contribution in [-0.2, 0) is 23.6 Å². The summed E-state index contributed by atoms with van der Waals surface area (Å²) in [6.07, 6.45) is 12.2. The summed E-state index contributed by atoms with van der Waals surface area (Å²) >= 11 is 0. The smallest absolute Gasteiger partial charge is 0.358 e. The Labute approximate surface area is 165 Å². The van der Waals surface area contributed by atoms with Gasteiger partial charge in [0.05, 0.1) is 13.2 Å². The standard InChI is InChI=1S/C20H37O6P/c1-3-5-7-9-11-13-15-25-19(21)17-18(27(23)24)20(22)26-16-14-12-10-8-6-4-2/h18H,3-17H2,1-2H3. The Kier molecular flexibility index (Phi) is 17.7. The van der Waals surface area contributed by atoms with Gasteiger partial charge in [0.25, 0.3) is 5.66 Å². The van der Waals surface area contributed by atoms with E-state index in [1.165, 1.54) is 32.1 Å². The highest BCUT2D eigenvalue weighted by Gasteiger charge is 2.35. The highest BCUT2D eigenvalue weighted by molar-refractivity contribution is 7.38. The molecular formula is C20H37O6P. The molecule has 27 heavy (non-hydrogen) atoms. The topological polar surface area (TPSA) is 92.7 Å². The molecule has 0 aromatic heterocycles. The van der Waals surface area contributed by atoms with Gasteiger partial charge in [-0.25, -0.2) is 4.79 Å². The van der Waals surface area contributed by atoms with Gasteiger partial charge in [-0.05, 0) is 12.8 Å². The molecule has 0 heterocycles. The minimum atomic E-state index is -3.07. The summed E-state index contributed by atoms with van der Waals surface area (Å²) in [5.41, 5.74) is -1.45. The molecule has 0 radical (unpaired) electrons. The van der Waals surface area contributed by atoms with E-state index in [1.807, 2.05) is 0 Å². The van der Waals surface area contributed by atoms with Crippen molar-refractivity contribution in [3.63, 3.8) is 0 Å². The third-order valence-electron chi connectivity index (χ3n) is 4.39. The highest BCUT2D eigenvalue weighted by atomic mass is 31.1. The first-order valence-electron chi connectivity index (χ1n) is 10.5. The zero-order valence-corrected chi connectivity index (χ0v) is 18.0. The molecule has 0 bridgehead atoms. The number of ether oxygens (including phenoxy) is 2. The van der Waals surface area contributed by atoms with E-state index in [9.17, 15) is 19.0 Å². The van der Waals surface area contributed by atoms with E-state index in [4.69, 9.17) is 9.47 Å². The lowest BCUT2D eigenvalue weighted by molar-refractivity contribution is -0.172. The molecule has 0 N–H and O–H groups in total. The molecule has 0 spiro atoms. The van der Waals surface area contributed by atoms with E-state index >= 15 is 0 Å². The normalized spacial score (nSPS) is 12.5. The average Bonchev–Trinajstić information content (AvgIpc) is 2.64. The number of hydrogen-bond donors (Lipinski definition) is 0. The number of esters is 2. The Balaban J connectivity index is 3.94. The molecule has 0 saturated heterocycles. The molecule has 0 rings (SSSR count). The lowest BCUT2D eigenvalue weighted by Crippen LogP contribution is -2.27. The van der Waals surface area contributed by atoms with Crippen LogP contribution < -0.4 is 4.89 Å². The molecule has 2 atom stereocenters. The predicted octanol–water partition coefficient (Wildman–Crippen LogP) is 4.66. The minimum absolute atomic E-state index is 0.192. The largest absolute Gasteiger partial charge is 0.595 e. The monoisotopic (exact) mass is 404 g/mol. The fourth-order valence-corrected chi connectivity index (χ4v) is 3.23. The Morgan fingerprint density at radius 1 is 0.778 bits per heavy atom. The van der Waals surface area contributed by atoms with Gasteiger partial charge in [-0.15, -0.1) is 0 Å². The molecule has 7 heteroatoms. The second kappa shape index (κ2) is 18.4. The van der Waals surface area contributed by atoms with Crippen LogP contribution in [0.5, 0.6) is 0 Å². The fraction of sp³-hybridized carbons (Fsp3) is 0.900. The number of unbranched alkanes of at least 4 members (excludes halogenated alkanes) is 10. The van der Waals surface area contributed by atoms with Crippen molar-refractivity contribution in [1.29, 1.82) is 0 Å². The third kappa shape index (κ3) is 15.7. The second-order valence-corrected chi connectivity index (χ2v) is 8.12. The van der Waals surface area contributed by atoms with Gasteiger partial charge in [-0.1, -0.05) is 82.6 Å². The van der Waals surface area contributed by atoms with Crippen LogP contribution in [0.2, 0.25) is 0 Å². The molecule has 0 aromatic carbocycles. The van der Waals surface area contributed by atoms with Crippen LogP contribution in [0.1, 0.15) is 97.3 Å². The van der Waals surface area contributed by atoms with Gasteiger partial charge in [0.2, 0.25) is 0 Å². The Morgan fingerprint density at radius 2 is 1.22 bits per heavy atom. The van der Waals surface area contributed by atoms with Crippen molar-refractivity contribution in [2.75, 3.05) is 13.2 Å². The van der Waals surface area contributed by atoms with Gasteiger partial charge in [0, 0.05) is 0 Å². The van der Waals surface area contributed by atoms with Crippen LogP contribution in [0.4, 0.5) is 0 Å². The molecule has 2 unspecified atom stereocenters. The van der Waals surface area contributed by atoms with Gasteiger partial charge in [0.15, 0.2) is 0 Å². The van der Waals surface area contributed by atoms with Crippen LogP contribution in [-0.4, -0.2) is 30.8 Å². The van der Waals surface area contributed by atoms with Gasteiger partial charge in [-0.2, -0.15) is 0 Å². The van der Waals surface area contributed by atoms with Crippen molar-refractivity contribution in [1.82, 2.24) is 0 Å². The van der Waals surface area contributed by atoms with Crippen LogP contribution in [0, 0.1) is 0 Å². The Bertz CT molecular complexity index is 413. The van der Waals surface area contributed by atoms with Crippen molar-refractivity contribution in [2.45, 2.75) is 103 Å². The van der Waals surface area contributed by atoms with Crippen LogP contribution >= 0.6 is 8.03 Å². The summed E-state index contributed by atoms with van der Waals surface area (Å²) in [5, 5.41) is 0. The lowest BCUT2D eigenvalue weighted by Gasteiger charge is -2.10. The van der Waals surface area contributed by atoms with Gasteiger partial charge < -0.3 is 14.4 Å². The molecule has 0 fully saturated rings. The lowest BCUT2D eigenvalue weighted by atomic mass is 10.1. The van der Waals surface area contributed by atoms with Crippen molar-refractivity contribution in [3.8, 4) is 0 Å². The van der Waals surface area contributed by atoms with E-state index in [1.54, 1.807) is 0 Å². The number of carbonyl (C=O) groups is 2. The van der Waals surface area contributed by atoms with Crippen molar-refractivity contribution >= 4 is 20.0 Å². The summed E-state index contributed by atoms with van der Waals surface area (Å²) < 4.78 is 21.4. The quantitative estimate of drug-likeness (QED) is 0.187. The molecule has 0 saturated carbocycles. The zero-order valence-electron chi connectivity index (χ0n) is 17.1.